The van der Waals surface area contributed by atoms with Crippen LogP contribution in [0.5, 0.6) is 11.5 Å². The van der Waals surface area contributed by atoms with Crippen LogP contribution in [0.2, 0.25) is 0 Å². The van der Waals surface area contributed by atoms with Crippen molar-refractivity contribution >= 4 is 32.8 Å². The number of nitrogens with zero attached hydrogens (tertiary/aromatic N) is 1. The van der Waals surface area contributed by atoms with Crippen LogP contribution in [0.1, 0.15) is 66.2 Å². The van der Waals surface area contributed by atoms with Crippen LogP contribution in [-0.4, -0.2) is 70.3 Å². The Kier molecular flexibility index (Phi) is 10.3. The molecule has 2 aromatic rings. The molecule has 11 heteroatoms. The van der Waals surface area contributed by atoms with E-state index in [1.807, 2.05) is 0 Å². The van der Waals surface area contributed by atoms with Crippen LogP contribution in [0.15, 0.2) is 35.2 Å². The number of hydrogen-bond acceptors (Lipinski definition) is 7. The van der Waals surface area contributed by atoms with Crippen molar-refractivity contribution in [3.63, 3.8) is 0 Å². The lowest BCUT2D eigenvalue weighted by Gasteiger charge is -2.42. The second kappa shape index (κ2) is 13.1. The number of benzene rings is 2. The Morgan fingerprint density at radius 3 is 2.35 bits per heavy atom. The Morgan fingerprint density at radius 1 is 1.05 bits per heavy atom. The molecule has 0 aromatic heterocycles. The summed E-state index contributed by atoms with van der Waals surface area (Å²) in [5.41, 5.74) is -1.94. The molecule has 1 heterocycles. The summed E-state index contributed by atoms with van der Waals surface area (Å²) in [4.78, 5) is 27.7. The maximum absolute atomic E-state index is 13.8. The Labute approximate surface area is 237 Å². The van der Waals surface area contributed by atoms with E-state index in [1.165, 1.54) is 13.2 Å². The molecule has 0 radical (unpaired) electrons. The maximum atomic E-state index is 13.8. The van der Waals surface area contributed by atoms with Gasteiger partial charge in [0.05, 0.1) is 19.1 Å². The van der Waals surface area contributed by atoms with Gasteiger partial charge in [-0.25, -0.2) is 13.2 Å². The standard InChI is InChI=1S/C29H43N3O7S/c1-7-8-16-32-17-10-14-29(26(32)33,13-9-15-30-27(34)39-28(2,3)4)31-40(35,36)23-12-11-21-19-24(37-5)25(38-6)20-22(21)18-23/h11-12,18-20,31H,7-10,13-17H2,1-6H3,(H,30,34). The number of hydrogen-bond donors (Lipinski definition) is 2. The van der Waals surface area contributed by atoms with E-state index < -0.39 is 27.3 Å². The first kappa shape index (κ1) is 31.5. The number of likely N-dealkylation sites (tertiary alicyclic amines) is 1. The Balaban J connectivity index is 1.87. The highest BCUT2D eigenvalue weighted by atomic mass is 32.2. The molecule has 1 aliphatic rings. The number of sulfonamides is 1. The van der Waals surface area contributed by atoms with Gasteiger partial charge in [0.1, 0.15) is 11.1 Å². The van der Waals surface area contributed by atoms with Gasteiger partial charge < -0.3 is 24.4 Å². The number of fused-ring (bicyclic) bond motifs is 1. The molecule has 0 bridgehead atoms. The van der Waals surface area contributed by atoms with Gasteiger partial charge in [0.25, 0.3) is 0 Å². The molecule has 1 fully saturated rings. The normalized spacial score (nSPS) is 18.1. The molecule has 0 aliphatic carbocycles. The summed E-state index contributed by atoms with van der Waals surface area (Å²) in [5.74, 6) is 0.809. The largest absolute Gasteiger partial charge is 0.493 e. The van der Waals surface area contributed by atoms with Crippen molar-refractivity contribution in [1.29, 1.82) is 0 Å². The first-order chi connectivity index (χ1) is 18.8. The minimum atomic E-state index is -4.08. The number of unbranched alkanes of at least 4 members (excludes halogenated alkanes) is 1. The Morgan fingerprint density at radius 2 is 1.73 bits per heavy atom. The number of piperidine rings is 1. The third kappa shape index (κ3) is 7.78. The number of ether oxygens (including phenoxy) is 3. The molecule has 0 spiro atoms. The van der Waals surface area contributed by atoms with E-state index in [4.69, 9.17) is 14.2 Å². The summed E-state index contributed by atoms with van der Waals surface area (Å²) in [5, 5.41) is 4.16. The zero-order valence-corrected chi connectivity index (χ0v) is 25.3. The Bertz CT molecular complexity index is 1310. The highest BCUT2D eigenvalue weighted by Crippen LogP contribution is 2.34. The Hall–Kier alpha value is -3.05. The molecule has 10 nitrogen and oxygen atoms in total. The molecule has 1 aliphatic heterocycles. The monoisotopic (exact) mass is 577 g/mol. The van der Waals surface area contributed by atoms with Gasteiger partial charge >= 0.3 is 6.09 Å². The summed E-state index contributed by atoms with van der Waals surface area (Å²) >= 11 is 0. The van der Waals surface area contributed by atoms with Crippen LogP contribution >= 0.6 is 0 Å². The first-order valence-electron chi connectivity index (χ1n) is 13.8. The number of methoxy groups -OCH3 is 2. The van der Waals surface area contributed by atoms with Crippen LogP contribution in [0, 0.1) is 0 Å². The van der Waals surface area contributed by atoms with E-state index in [-0.39, 0.29) is 23.8 Å². The molecule has 2 aromatic carbocycles. The van der Waals surface area contributed by atoms with Crippen LogP contribution in [-0.2, 0) is 19.6 Å². The quantitative estimate of drug-likeness (QED) is 0.354. The zero-order chi connectivity index (χ0) is 29.6. The zero-order valence-electron chi connectivity index (χ0n) is 24.5. The number of carbonyl (C=O) groups is 2. The number of rotatable bonds is 12. The molecular formula is C29H43N3O7S. The first-order valence-corrected chi connectivity index (χ1v) is 15.3. The van der Waals surface area contributed by atoms with Crippen molar-refractivity contribution in [2.45, 2.75) is 82.3 Å². The van der Waals surface area contributed by atoms with Gasteiger partial charge in [-0.3, -0.25) is 4.79 Å². The minimum absolute atomic E-state index is 0.0527. The molecule has 2 amide bonds. The smallest absolute Gasteiger partial charge is 0.407 e. The molecule has 40 heavy (non-hydrogen) atoms. The molecule has 1 saturated heterocycles. The lowest BCUT2D eigenvalue weighted by Crippen LogP contribution is -2.62. The van der Waals surface area contributed by atoms with Crippen LogP contribution in [0.4, 0.5) is 4.79 Å². The van der Waals surface area contributed by atoms with Gasteiger partial charge in [0, 0.05) is 19.6 Å². The van der Waals surface area contributed by atoms with Gasteiger partial charge in [-0.1, -0.05) is 19.4 Å². The van der Waals surface area contributed by atoms with Gasteiger partial charge in [-0.15, -0.1) is 0 Å². The lowest BCUT2D eigenvalue weighted by atomic mass is 9.84. The molecular weight excluding hydrogens is 534 g/mol. The lowest BCUT2D eigenvalue weighted by molar-refractivity contribution is -0.141. The summed E-state index contributed by atoms with van der Waals surface area (Å²) in [6.07, 6.45) is 2.89. The fourth-order valence-electron chi connectivity index (χ4n) is 4.95. The third-order valence-electron chi connectivity index (χ3n) is 6.91. The molecule has 1 atom stereocenters. The van der Waals surface area contributed by atoms with Crippen molar-refractivity contribution in [2.75, 3.05) is 33.9 Å². The molecule has 1 unspecified atom stereocenters. The molecule has 222 valence electrons. The molecule has 2 N–H and O–H groups in total. The molecule has 0 saturated carbocycles. The predicted molar refractivity (Wildman–Crippen MR) is 154 cm³/mol. The number of alkyl carbamates (subject to hydrolysis) is 1. The van der Waals surface area contributed by atoms with Gasteiger partial charge in [0.2, 0.25) is 15.9 Å². The third-order valence-corrected chi connectivity index (χ3v) is 8.45. The number of nitrogens with one attached hydrogen (secondary N) is 2. The maximum Gasteiger partial charge on any atom is 0.407 e. The second-order valence-electron chi connectivity index (χ2n) is 11.2. The summed E-state index contributed by atoms with van der Waals surface area (Å²) in [7, 11) is -1.02. The SMILES string of the molecule is CCCCN1CCCC(CCCNC(=O)OC(C)(C)C)(NS(=O)(=O)c2ccc3cc(OC)c(OC)cc3c2)C1=O. The van der Waals surface area contributed by atoms with E-state index in [0.717, 1.165) is 18.2 Å². The fourth-order valence-corrected chi connectivity index (χ4v) is 6.41. The minimum Gasteiger partial charge on any atom is -0.493 e. The summed E-state index contributed by atoms with van der Waals surface area (Å²) < 4.78 is 46.4. The predicted octanol–water partition coefficient (Wildman–Crippen LogP) is 4.60. The average molecular weight is 578 g/mol. The van der Waals surface area contributed by atoms with Crippen LogP contribution < -0.4 is 19.5 Å². The summed E-state index contributed by atoms with van der Waals surface area (Å²) in [6, 6.07) is 8.31. The molecule has 3 rings (SSSR count). The van der Waals surface area contributed by atoms with Crippen molar-refractivity contribution in [1.82, 2.24) is 14.9 Å². The van der Waals surface area contributed by atoms with Gasteiger partial charge in [0.15, 0.2) is 11.5 Å². The van der Waals surface area contributed by atoms with Crippen LogP contribution in [0.3, 0.4) is 0 Å². The fraction of sp³-hybridized carbons (Fsp3) is 0.586. The second-order valence-corrected chi connectivity index (χ2v) is 12.9. The van der Waals surface area contributed by atoms with Gasteiger partial charge in [-0.2, -0.15) is 4.72 Å². The number of carbonyl (C=O) groups excluding carboxylic acids is 2. The van der Waals surface area contributed by atoms with E-state index in [9.17, 15) is 18.0 Å². The van der Waals surface area contributed by atoms with Crippen molar-refractivity contribution in [3.05, 3.63) is 30.3 Å². The van der Waals surface area contributed by atoms with Crippen LogP contribution in [0.25, 0.3) is 10.8 Å². The highest BCUT2D eigenvalue weighted by Gasteiger charge is 2.46. The summed E-state index contributed by atoms with van der Waals surface area (Å²) in [6.45, 7) is 8.81. The number of amides is 2. The van der Waals surface area contributed by atoms with E-state index in [0.29, 0.717) is 49.2 Å². The van der Waals surface area contributed by atoms with Crippen molar-refractivity contribution in [2.24, 2.45) is 0 Å². The van der Waals surface area contributed by atoms with E-state index in [2.05, 4.69) is 17.0 Å². The van der Waals surface area contributed by atoms with Crippen molar-refractivity contribution in [3.8, 4) is 11.5 Å². The van der Waals surface area contributed by atoms with E-state index in [1.54, 1.807) is 57.0 Å². The van der Waals surface area contributed by atoms with Gasteiger partial charge in [-0.05, 0) is 87.9 Å². The van der Waals surface area contributed by atoms with Crippen molar-refractivity contribution < 1.29 is 32.2 Å². The topological polar surface area (TPSA) is 123 Å². The highest BCUT2D eigenvalue weighted by molar-refractivity contribution is 7.89. The van der Waals surface area contributed by atoms with E-state index >= 15 is 0 Å². The average Bonchev–Trinajstić information content (AvgIpc) is 2.89.